The van der Waals surface area contributed by atoms with Crippen LogP contribution in [0, 0.1) is 29.6 Å². The zero-order valence-corrected chi connectivity index (χ0v) is 12.5. The molecule has 0 aromatic carbocycles. The number of carbonyl (C=O) groups excluding carboxylic acids is 1. The maximum Gasteiger partial charge on any atom is 0.307 e. The number of carboxylic acids is 1. The molecule has 0 aromatic heterocycles. The molecule has 2 aliphatic carbocycles. The van der Waals surface area contributed by atoms with Crippen LogP contribution in [0.1, 0.15) is 19.8 Å². The predicted molar refractivity (Wildman–Crippen MR) is 78.6 cm³/mol. The average Bonchev–Trinajstić information content (AvgIpc) is 3.18. The molecule has 116 valence electrons. The monoisotopic (exact) mass is 292 g/mol. The lowest BCUT2D eigenvalue weighted by Gasteiger charge is -2.24. The van der Waals surface area contributed by atoms with Gasteiger partial charge in [-0.05, 0) is 43.7 Å². The van der Waals surface area contributed by atoms with Crippen LogP contribution in [0.3, 0.4) is 0 Å². The van der Waals surface area contributed by atoms with Crippen LogP contribution in [0.5, 0.6) is 0 Å². The summed E-state index contributed by atoms with van der Waals surface area (Å²) in [7, 11) is 0. The van der Waals surface area contributed by atoms with Gasteiger partial charge in [0.25, 0.3) is 0 Å². The third kappa shape index (κ3) is 2.71. The Balaban J connectivity index is 1.56. The highest BCUT2D eigenvalue weighted by Gasteiger charge is 2.51. The van der Waals surface area contributed by atoms with Crippen LogP contribution in [-0.2, 0) is 9.59 Å². The highest BCUT2D eigenvalue weighted by Crippen LogP contribution is 2.48. The Hall–Kier alpha value is -1.36. The molecule has 5 atom stereocenters. The van der Waals surface area contributed by atoms with Crippen LogP contribution in [0.2, 0.25) is 0 Å². The van der Waals surface area contributed by atoms with Crippen molar-refractivity contribution in [2.45, 2.75) is 19.8 Å². The van der Waals surface area contributed by atoms with E-state index in [9.17, 15) is 14.7 Å². The maximum atomic E-state index is 12.4. The van der Waals surface area contributed by atoms with Crippen LogP contribution in [-0.4, -0.2) is 48.1 Å². The minimum Gasteiger partial charge on any atom is -0.481 e. The summed E-state index contributed by atoms with van der Waals surface area (Å²) in [5.41, 5.74) is 0. The quantitative estimate of drug-likeness (QED) is 0.741. The molecule has 1 saturated heterocycles. The summed E-state index contributed by atoms with van der Waals surface area (Å²) in [4.78, 5) is 26.3. The van der Waals surface area contributed by atoms with Gasteiger partial charge in [0.2, 0.25) is 5.91 Å². The second-order valence-electron chi connectivity index (χ2n) is 6.63. The summed E-state index contributed by atoms with van der Waals surface area (Å²) in [5.74, 6) is -1.13. The topological polar surface area (TPSA) is 69.6 Å². The zero-order chi connectivity index (χ0) is 15.0. The van der Waals surface area contributed by atoms with Crippen molar-refractivity contribution in [1.29, 1.82) is 0 Å². The Morgan fingerprint density at radius 2 is 2.00 bits per heavy atom. The minimum atomic E-state index is -0.829. The Kier molecular flexibility index (Phi) is 4.02. The summed E-state index contributed by atoms with van der Waals surface area (Å²) in [5, 5.41) is 12.4. The van der Waals surface area contributed by atoms with Crippen LogP contribution in [0.4, 0.5) is 0 Å². The Bertz CT molecular complexity index is 462. The number of nitrogens with one attached hydrogen (secondary N) is 1. The molecule has 0 radical (unpaired) electrons. The maximum absolute atomic E-state index is 12.4. The molecule has 0 aromatic rings. The molecule has 21 heavy (non-hydrogen) atoms. The zero-order valence-electron chi connectivity index (χ0n) is 12.5. The summed E-state index contributed by atoms with van der Waals surface area (Å²) >= 11 is 0. The SMILES string of the molecule is CCN1CCC(CNC(=O)C2C3C=CC(C3)C2C(=O)O)C1. The van der Waals surface area contributed by atoms with Gasteiger partial charge in [-0.15, -0.1) is 0 Å². The number of nitrogens with zero attached hydrogens (tertiary/aromatic N) is 1. The number of rotatable bonds is 5. The van der Waals surface area contributed by atoms with E-state index in [-0.39, 0.29) is 23.7 Å². The molecule has 2 N–H and O–H groups in total. The highest BCUT2D eigenvalue weighted by atomic mass is 16.4. The normalized spacial score (nSPS) is 38.0. The van der Waals surface area contributed by atoms with Crippen molar-refractivity contribution in [3.05, 3.63) is 12.2 Å². The van der Waals surface area contributed by atoms with E-state index in [1.807, 2.05) is 12.2 Å². The van der Waals surface area contributed by atoms with Crippen molar-refractivity contribution in [2.75, 3.05) is 26.2 Å². The van der Waals surface area contributed by atoms with E-state index in [1.54, 1.807) is 0 Å². The van der Waals surface area contributed by atoms with Gasteiger partial charge in [0.05, 0.1) is 11.8 Å². The molecule has 1 heterocycles. The summed E-state index contributed by atoms with van der Waals surface area (Å²) in [6, 6.07) is 0. The van der Waals surface area contributed by atoms with E-state index < -0.39 is 11.9 Å². The number of amides is 1. The summed E-state index contributed by atoms with van der Waals surface area (Å²) in [6.45, 7) is 6.03. The number of fused-ring (bicyclic) bond motifs is 2. The molecular weight excluding hydrogens is 268 g/mol. The van der Waals surface area contributed by atoms with Crippen LogP contribution < -0.4 is 5.32 Å². The van der Waals surface area contributed by atoms with Crippen molar-refractivity contribution in [3.63, 3.8) is 0 Å². The van der Waals surface area contributed by atoms with Gasteiger partial charge in [0, 0.05) is 13.1 Å². The van der Waals surface area contributed by atoms with Crippen LogP contribution in [0.25, 0.3) is 0 Å². The summed E-state index contributed by atoms with van der Waals surface area (Å²) < 4.78 is 0. The van der Waals surface area contributed by atoms with Gasteiger partial charge in [-0.25, -0.2) is 0 Å². The Morgan fingerprint density at radius 1 is 1.29 bits per heavy atom. The second-order valence-corrected chi connectivity index (χ2v) is 6.63. The van der Waals surface area contributed by atoms with E-state index >= 15 is 0 Å². The number of likely N-dealkylation sites (tertiary alicyclic amines) is 1. The molecule has 1 aliphatic heterocycles. The summed E-state index contributed by atoms with van der Waals surface area (Å²) in [6.07, 6.45) is 5.95. The molecule has 0 spiro atoms. The predicted octanol–water partition coefficient (Wildman–Crippen LogP) is 0.967. The van der Waals surface area contributed by atoms with Crippen LogP contribution >= 0.6 is 0 Å². The first-order valence-electron chi connectivity index (χ1n) is 8.01. The molecule has 1 saturated carbocycles. The lowest BCUT2D eigenvalue weighted by Crippen LogP contribution is -2.42. The fourth-order valence-electron chi connectivity index (χ4n) is 4.25. The van der Waals surface area contributed by atoms with E-state index in [4.69, 9.17) is 0 Å². The molecule has 1 amide bonds. The first-order chi connectivity index (χ1) is 10.1. The first-order valence-corrected chi connectivity index (χ1v) is 8.01. The number of aliphatic carboxylic acids is 1. The van der Waals surface area contributed by atoms with Crippen molar-refractivity contribution < 1.29 is 14.7 Å². The molecule has 5 unspecified atom stereocenters. The number of carboxylic acid groups (broad SMARTS) is 1. The molecule has 2 bridgehead atoms. The van der Waals surface area contributed by atoms with E-state index in [0.717, 1.165) is 32.5 Å². The number of allylic oxidation sites excluding steroid dienone is 2. The third-order valence-corrected chi connectivity index (χ3v) is 5.43. The molecule has 3 rings (SSSR count). The highest BCUT2D eigenvalue weighted by molar-refractivity contribution is 5.86. The lowest BCUT2D eigenvalue weighted by atomic mass is 9.82. The number of hydrogen-bond acceptors (Lipinski definition) is 3. The van der Waals surface area contributed by atoms with Crippen molar-refractivity contribution >= 4 is 11.9 Å². The Labute approximate surface area is 125 Å². The van der Waals surface area contributed by atoms with Gasteiger partial charge < -0.3 is 15.3 Å². The van der Waals surface area contributed by atoms with E-state index in [2.05, 4.69) is 17.1 Å². The second kappa shape index (κ2) is 5.79. The molecule has 2 fully saturated rings. The standard InChI is InChI=1S/C16H24N2O3/c1-2-18-6-5-10(9-18)8-17-15(19)13-11-3-4-12(7-11)14(13)16(20)21/h3-4,10-14H,2,5-9H2,1H3,(H,17,19)(H,20,21). The van der Waals surface area contributed by atoms with Crippen molar-refractivity contribution in [2.24, 2.45) is 29.6 Å². The largest absolute Gasteiger partial charge is 0.481 e. The van der Waals surface area contributed by atoms with E-state index in [0.29, 0.717) is 12.5 Å². The van der Waals surface area contributed by atoms with Crippen LogP contribution in [0.15, 0.2) is 12.2 Å². The fraction of sp³-hybridized carbons (Fsp3) is 0.750. The first kappa shape index (κ1) is 14.6. The average molecular weight is 292 g/mol. The molecule has 3 aliphatic rings. The van der Waals surface area contributed by atoms with Gasteiger partial charge in [0.1, 0.15) is 0 Å². The minimum absolute atomic E-state index is 0.0466. The lowest BCUT2D eigenvalue weighted by molar-refractivity contribution is -0.147. The smallest absolute Gasteiger partial charge is 0.307 e. The number of hydrogen-bond donors (Lipinski definition) is 2. The van der Waals surface area contributed by atoms with E-state index in [1.165, 1.54) is 0 Å². The number of carbonyl (C=O) groups is 2. The molecular formula is C16H24N2O3. The van der Waals surface area contributed by atoms with Gasteiger partial charge >= 0.3 is 5.97 Å². The molecule has 5 heteroatoms. The fourth-order valence-corrected chi connectivity index (χ4v) is 4.25. The van der Waals surface area contributed by atoms with Gasteiger partial charge in [-0.2, -0.15) is 0 Å². The van der Waals surface area contributed by atoms with Crippen molar-refractivity contribution in [3.8, 4) is 0 Å². The Morgan fingerprint density at radius 3 is 2.62 bits per heavy atom. The van der Waals surface area contributed by atoms with Gasteiger partial charge in [-0.3, -0.25) is 9.59 Å². The third-order valence-electron chi connectivity index (χ3n) is 5.43. The van der Waals surface area contributed by atoms with Gasteiger partial charge in [0.15, 0.2) is 0 Å². The van der Waals surface area contributed by atoms with Gasteiger partial charge in [-0.1, -0.05) is 19.1 Å². The molecule has 5 nitrogen and oxygen atoms in total. The van der Waals surface area contributed by atoms with Crippen molar-refractivity contribution in [1.82, 2.24) is 10.2 Å².